The van der Waals surface area contributed by atoms with E-state index in [0.717, 1.165) is 50.6 Å². The molecule has 0 bridgehead atoms. The molecule has 9 nitrogen and oxygen atoms in total. The van der Waals surface area contributed by atoms with Crippen molar-refractivity contribution in [1.82, 2.24) is 24.8 Å². The van der Waals surface area contributed by atoms with Gasteiger partial charge in [-0.1, -0.05) is 11.3 Å². The number of amides is 1. The first-order chi connectivity index (χ1) is 15.7. The molecule has 0 radical (unpaired) electrons. The van der Waals surface area contributed by atoms with Crippen molar-refractivity contribution in [3.8, 4) is 10.6 Å². The molecular formula is C21H21N7O2S2. The van der Waals surface area contributed by atoms with Crippen molar-refractivity contribution < 1.29 is 9.53 Å². The molecule has 164 valence electrons. The highest BCUT2D eigenvalue weighted by Crippen LogP contribution is 2.30. The van der Waals surface area contributed by atoms with Crippen molar-refractivity contribution in [3.63, 3.8) is 0 Å². The van der Waals surface area contributed by atoms with Crippen molar-refractivity contribution in [2.45, 2.75) is 0 Å². The molecule has 1 aliphatic rings. The van der Waals surface area contributed by atoms with Crippen LogP contribution in [0.25, 0.3) is 20.9 Å². The van der Waals surface area contributed by atoms with Crippen LogP contribution >= 0.6 is 22.7 Å². The van der Waals surface area contributed by atoms with Gasteiger partial charge in [-0.05, 0) is 18.2 Å². The molecule has 1 amide bonds. The predicted octanol–water partition coefficient (Wildman–Crippen LogP) is 3.25. The average molecular weight is 468 g/mol. The minimum Gasteiger partial charge on any atom is -0.375 e. The summed E-state index contributed by atoms with van der Waals surface area (Å²) < 4.78 is 4.95. The number of anilines is 3. The number of carbonyl (C=O) groups is 1. The van der Waals surface area contributed by atoms with Gasteiger partial charge in [0.2, 0.25) is 5.91 Å². The van der Waals surface area contributed by atoms with Crippen molar-refractivity contribution in [2.75, 3.05) is 50.1 Å². The average Bonchev–Trinajstić information content (AvgIpc) is 3.49. The Labute approximate surface area is 192 Å². The maximum atomic E-state index is 12.0. The number of methoxy groups -OCH3 is 1. The van der Waals surface area contributed by atoms with Gasteiger partial charge in [-0.3, -0.25) is 9.78 Å². The maximum Gasteiger partial charge on any atom is 0.248 e. The summed E-state index contributed by atoms with van der Waals surface area (Å²) in [4.78, 5) is 35.9. The number of aromatic nitrogens is 4. The third-order valence-electron chi connectivity index (χ3n) is 5.18. The number of ether oxygens (including phenoxy) is 1. The second-order valence-corrected chi connectivity index (χ2v) is 9.09. The highest BCUT2D eigenvalue weighted by atomic mass is 32.1. The second kappa shape index (κ2) is 9.15. The summed E-state index contributed by atoms with van der Waals surface area (Å²) in [5, 5.41) is 4.05. The number of rotatable bonds is 6. The van der Waals surface area contributed by atoms with E-state index in [1.807, 2.05) is 35.4 Å². The van der Waals surface area contributed by atoms with E-state index >= 15 is 0 Å². The van der Waals surface area contributed by atoms with E-state index in [2.05, 4.69) is 25.2 Å². The Morgan fingerprint density at radius 2 is 2.06 bits per heavy atom. The molecule has 4 aromatic heterocycles. The summed E-state index contributed by atoms with van der Waals surface area (Å²) in [6, 6.07) is 7.94. The Bertz CT molecular complexity index is 1220. The van der Waals surface area contributed by atoms with Crippen LogP contribution in [0.2, 0.25) is 0 Å². The van der Waals surface area contributed by atoms with Crippen LogP contribution < -0.4 is 10.2 Å². The van der Waals surface area contributed by atoms with E-state index in [-0.39, 0.29) is 12.5 Å². The molecule has 11 heteroatoms. The Morgan fingerprint density at radius 3 is 2.84 bits per heavy atom. The summed E-state index contributed by atoms with van der Waals surface area (Å²) >= 11 is 3.06. The molecule has 0 unspecified atom stereocenters. The smallest absolute Gasteiger partial charge is 0.248 e. The second-order valence-electron chi connectivity index (χ2n) is 7.23. The molecule has 0 saturated carbocycles. The van der Waals surface area contributed by atoms with Crippen LogP contribution in [0.4, 0.5) is 16.6 Å². The standard InChI is InChI=1S/C21H21N7O2S2/c1-30-12-19(29)28-8-6-27(7-9-28)14-4-5-23-18(10-14)26-21-25-16-3-2-15(24-20(16)32-21)17-11-22-13-31-17/h2-5,10-11,13H,6-9,12H2,1H3,(H,23,25,26). The largest absolute Gasteiger partial charge is 0.375 e. The Balaban J connectivity index is 1.28. The number of fused-ring (bicyclic) bond motifs is 1. The lowest BCUT2D eigenvalue weighted by molar-refractivity contribution is -0.135. The van der Waals surface area contributed by atoms with E-state index < -0.39 is 0 Å². The minimum atomic E-state index is 0.0344. The quantitative estimate of drug-likeness (QED) is 0.462. The molecule has 0 atom stereocenters. The number of carbonyl (C=O) groups excluding carboxylic acids is 1. The zero-order chi connectivity index (χ0) is 21.9. The summed E-state index contributed by atoms with van der Waals surface area (Å²) in [5.41, 5.74) is 4.61. The molecule has 1 aliphatic heterocycles. The number of hydrogen-bond acceptors (Lipinski definition) is 10. The number of nitrogens with one attached hydrogen (secondary N) is 1. The van der Waals surface area contributed by atoms with Crippen LogP contribution in [0.1, 0.15) is 0 Å². The van der Waals surface area contributed by atoms with Gasteiger partial charge in [-0.15, -0.1) is 11.3 Å². The number of hydrogen-bond donors (Lipinski definition) is 1. The molecule has 0 spiro atoms. The molecule has 5 rings (SSSR count). The van der Waals surface area contributed by atoms with Crippen LogP contribution in [0.15, 0.2) is 42.2 Å². The van der Waals surface area contributed by atoms with Gasteiger partial charge in [-0.2, -0.15) is 0 Å². The molecule has 0 aliphatic carbocycles. The van der Waals surface area contributed by atoms with Gasteiger partial charge < -0.3 is 19.9 Å². The SMILES string of the molecule is COCC(=O)N1CCN(c2ccnc(Nc3nc4ccc(-c5cncs5)nc4s3)c2)CC1. The molecule has 1 N–H and O–H groups in total. The van der Waals surface area contributed by atoms with Gasteiger partial charge in [0, 0.05) is 57.4 Å². The Kier molecular flexibility index (Phi) is 5.93. The molecule has 1 saturated heterocycles. The molecule has 0 aromatic carbocycles. The normalized spacial score (nSPS) is 14.2. The topological polar surface area (TPSA) is 96.4 Å². The highest BCUT2D eigenvalue weighted by Gasteiger charge is 2.21. The van der Waals surface area contributed by atoms with Crippen molar-refractivity contribution in [2.24, 2.45) is 0 Å². The molecular weight excluding hydrogens is 446 g/mol. The summed E-state index contributed by atoms with van der Waals surface area (Å²) in [7, 11) is 1.54. The number of nitrogens with zero attached hydrogens (tertiary/aromatic N) is 6. The van der Waals surface area contributed by atoms with Gasteiger partial charge in [-0.25, -0.2) is 15.0 Å². The van der Waals surface area contributed by atoms with E-state index in [1.54, 1.807) is 30.2 Å². The van der Waals surface area contributed by atoms with E-state index in [1.165, 1.54) is 11.3 Å². The van der Waals surface area contributed by atoms with Crippen molar-refractivity contribution in [3.05, 3.63) is 42.2 Å². The van der Waals surface area contributed by atoms with E-state index in [0.29, 0.717) is 13.1 Å². The Morgan fingerprint density at radius 1 is 1.19 bits per heavy atom. The van der Waals surface area contributed by atoms with Crippen LogP contribution in [-0.4, -0.2) is 70.6 Å². The first-order valence-electron chi connectivity index (χ1n) is 10.1. The van der Waals surface area contributed by atoms with Crippen LogP contribution in [0.5, 0.6) is 0 Å². The summed E-state index contributed by atoms with van der Waals surface area (Å²) in [5.74, 6) is 0.759. The first-order valence-corrected chi connectivity index (χ1v) is 11.8. The molecule has 4 aromatic rings. The monoisotopic (exact) mass is 467 g/mol. The number of piperazine rings is 1. The van der Waals surface area contributed by atoms with E-state index in [4.69, 9.17) is 9.72 Å². The van der Waals surface area contributed by atoms with Crippen LogP contribution in [0.3, 0.4) is 0 Å². The molecule has 32 heavy (non-hydrogen) atoms. The predicted molar refractivity (Wildman–Crippen MR) is 127 cm³/mol. The molecule has 1 fully saturated rings. The third-order valence-corrected chi connectivity index (χ3v) is 6.86. The lowest BCUT2D eigenvalue weighted by Crippen LogP contribution is -2.49. The number of pyridine rings is 2. The molecule has 5 heterocycles. The zero-order valence-corrected chi connectivity index (χ0v) is 19.0. The fraction of sp³-hybridized carbons (Fsp3) is 0.286. The fourth-order valence-electron chi connectivity index (χ4n) is 3.57. The Hall–Kier alpha value is -3.15. The summed E-state index contributed by atoms with van der Waals surface area (Å²) in [6.45, 7) is 3.03. The lowest BCUT2D eigenvalue weighted by atomic mass is 10.2. The van der Waals surface area contributed by atoms with Crippen molar-refractivity contribution in [1.29, 1.82) is 0 Å². The van der Waals surface area contributed by atoms with Gasteiger partial charge in [0.15, 0.2) is 5.13 Å². The minimum absolute atomic E-state index is 0.0344. The lowest BCUT2D eigenvalue weighted by Gasteiger charge is -2.36. The fourth-order valence-corrected chi connectivity index (χ4v) is 5.01. The van der Waals surface area contributed by atoms with Crippen LogP contribution in [0, 0.1) is 0 Å². The zero-order valence-electron chi connectivity index (χ0n) is 17.4. The number of thiazole rings is 2. The van der Waals surface area contributed by atoms with Crippen LogP contribution in [-0.2, 0) is 9.53 Å². The van der Waals surface area contributed by atoms with Gasteiger partial charge in [0.25, 0.3) is 0 Å². The third kappa shape index (κ3) is 4.40. The first kappa shape index (κ1) is 20.7. The van der Waals surface area contributed by atoms with Gasteiger partial charge >= 0.3 is 0 Å². The van der Waals surface area contributed by atoms with Crippen molar-refractivity contribution >= 4 is 55.6 Å². The maximum absolute atomic E-state index is 12.0. The van der Waals surface area contributed by atoms with E-state index in [9.17, 15) is 4.79 Å². The highest BCUT2D eigenvalue weighted by molar-refractivity contribution is 7.21. The summed E-state index contributed by atoms with van der Waals surface area (Å²) in [6.07, 6.45) is 3.61. The van der Waals surface area contributed by atoms with Gasteiger partial charge in [0.1, 0.15) is 22.8 Å². The van der Waals surface area contributed by atoms with Gasteiger partial charge in [0.05, 0.1) is 16.1 Å².